The molecule has 2 aliphatic heterocycles. The Morgan fingerprint density at radius 3 is 2.52 bits per heavy atom. The first-order valence-corrected chi connectivity index (χ1v) is 6.87. The van der Waals surface area contributed by atoms with Gasteiger partial charge >= 0.3 is 0 Å². The van der Waals surface area contributed by atoms with Crippen LogP contribution in [0, 0.1) is 12.7 Å². The Morgan fingerprint density at radius 2 is 1.76 bits per heavy atom. The summed E-state index contributed by atoms with van der Waals surface area (Å²) in [6.07, 6.45) is 0. The van der Waals surface area contributed by atoms with Crippen LogP contribution in [0.3, 0.4) is 0 Å². The van der Waals surface area contributed by atoms with Crippen molar-refractivity contribution in [1.82, 2.24) is 5.01 Å². The summed E-state index contributed by atoms with van der Waals surface area (Å²) in [6, 6.07) is 18.2. The molecule has 0 bridgehead atoms. The number of amidine groups is 1. The molecular weight excluding hydrogens is 438 g/mol. The molecule has 3 nitrogen and oxygen atoms in total. The van der Waals surface area contributed by atoms with Crippen LogP contribution in [0.2, 0.25) is 0 Å². The van der Waals surface area contributed by atoms with Crippen molar-refractivity contribution in [1.29, 1.82) is 0 Å². The maximum absolute atomic E-state index is 4.75. The summed E-state index contributed by atoms with van der Waals surface area (Å²) in [4.78, 5) is 2.14. The van der Waals surface area contributed by atoms with E-state index in [1.54, 1.807) is 0 Å². The molecule has 0 spiro atoms. The summed E-state index contributed by atoms with van der Waals surface area (Å²) >= 11 is 0. The van der Waals surface area contributed by atoms with Gasteiger partial charge in [-0.3, -0.25) is 0 Å². The van der Waals surface area contributed by atoms with Crippen LogP contribution >= 0.6 is 0 Å². The van der Waals surface area contributed by atoms with Crippen molar-refractivity contribution in [2.45, 2.75) is 19.9 Å². The van der Waals surface area contributed by atoms with Crippen molar-refractivity contribution in [2.24, 2.45) is 5.10 Å². The third kappa shape index (κ3) is 2.10. The van der Waals surface area contributed by atoms with Gasteiger partial charge in [0, 0.05) is 31.7 Å². The van der Waals surface area contributed by atoms with Gasteiger partial charge in [-0.05, 0) is 13.8 Å². The van der Waals surface area contributed by atoms with Crippen LogP contribution in [0.1, 0.15) is 19.4 Å². The summed E-state index contributed by atoms with van der Waals surface area (Å²) in [5.41, 5.74) is 4.70. The molecule has 0 saturated heterocycles. The number of hydrogen-bond acceptors (Lipinski definition) is 3. The first-order valence-electron chi connectivity index (χ1n) is 6.87. The fourth-order valence-electron chi connectivity index (χ4n) is 2.71. The molecule has 4 heteroatoms. The van der Waals surface area contributed by atoms with E-state index in [4.69, 9.17) is 5.10 Å². The van der Waals surface area contributed by atoms with E-state index in [-0.39, 0.29) is 20.1 Å². The molecule has 21 heavy (non-hydrogen) atoms. The Morgan fingerprint density at radius 1 is 1.05 bits per heavy atom. The number of hydrogen-bond donors (Lipinski definition) is 0. The van der Waals surface area contributed by atoms with Crippen LogP contribution in [0.15, 0.2) is 47.6 Å². The van der Waals surface area contributed by atoms with E-state index >= 15 is 0 Å². The van der Waals surface area contributed by atoms with Crippen LogP contribution < -0.4 is 4.90 Å². The number of nitrogens with zero attached hydrogens (tertiary/aromatic N) is 3. The largest absolute Gasteiger partial charge is 0.476 e. The smallest absolute Gasteiger partial charge is 0.127 e. The van der Waals surface area contributed by atoms with Gasteiger partial charge in [-0.15, -0.1) is 12.2 Å². The number of benzene rings is 2. The third-order valence-electron chi connectivity index (χ3n) is 3.73. The number of hydrazone groups is 1. The molecule has 0 N–H and O–H groups in total. The van der Waals surface area contributed by atoms with Crippen LogP contribution in [0.5, 0.6) is 0 Å². The monoisotopic (exact) mass is 454 g/mol. The van der Waals surface area contributed by atoms with E-state index in [1.165, 1.54) is 16.7 Å². The first-order chi connectivity index (χ1) is 9.75. The zero-order chi connectivity index (χ0) is 13.7. The predicted octanol–water partition coefficient (Wildman–Crippen LogP) is 3.48. The van der Waals surface area contributed by atoms with Gasteiger partial charge in [-0.2, -0.15) is 29.4 Å². The number of anilines is 1. The van der Waals surface area contributed by atoms with Crippen molar-refractivity contribution in [3.8, 4) is 11.1 Å². The van der Waals surface area contributed by atoms with E-state index in [0.717, 1.165) is 11.5 Å². The zero-order valence-corrected chi connectivity index (χ0v) is 14.3. The molecule has 0 unspecified atom stereocenters. The molecule has 2 heterocycles. The molecule has 0 aromatic heterocycles. The first kappa shape index (κ1) is 14.3. The van der Waals surface area contributed by atoms with Gasteiger partial charge in [0.25, 0.3) is 0 Å². The van der Waals surface area contributed by atoms with Crippen molar-refractivity contribution < 1.29 is 20.1 Å². The minimum atomic E-state index is 0. The van der Waals surface area contributed by atoms with Gasteiger partial charge < -0.3 is 9.91 Å². The molecule has 0 aliphatic carbocycles. The minimum Gasteiger partial charge on any atom is -0.476 e. The quantitative estimate of drug-likeness (QED) is 0.616. The Kier molecular flexibility index (Phi) is 3.60. The van der Waals surface area contributed by atoms with E-state index in [9.17, 15) is 0 Å². The van der Waals surface area contributed by atoms with Crippen LogP contribution in [-0.4, -0.2) is 16.9 Å². The Labute approximate surface area is 138 Å². The van der Waals surface area contributed by atoms with Crippen molar-refractivity contribution in [3.05, 3.63) is 60.8 Å². The predicted molar refractivity (Wildman–Crippen MR) is 81.0 cm³/mol. The SMILES string of the molecule is CC(C)N1[CH-]N2C(=N1)c1ccccc1-c1ccc[c-]c12.[Ir]. The van der Waals surface area contributed by atoms with Crippen molar-refractivity contribution in [3.63, 3.8) is 0 Å². The molecule has 0 amide bonds. The van der Waals surface area contributed by atoms with Gasteiger partial charge in [0.2, 0.25) is 0 Å². The maximum Gasteiger partial charge on any atom is 0.127 e. The van der Waals surface area contributed by atoms with Gasteiger partial charge in [-0.1, -0.05) is 35.5 Å². The Hall–Kier alpha value is -1.64. The van der Waals surface area contributed by atoms with Gasteiger partial charge in [0.15, 0.2) is 0 Å². The van der Waals surface area contributed by atoms with Crippen LogP contribution in [0.4, 0.5) is 5.69 Å². The average Bonchev–Trinajstić information content (AvgIpc) is 2.93. The summed E-state index contributed by atoms with van der Waals surface area (Å²) in [5, 5.41) is 6.75. The second-order valence-corrected chi connectivity index (χ2v) is 5.36. The second-order valence-electron chi connectivity index (χ2n) is 5.36. The zero-order valence-electron chi connectivity index (χ0n) is 11.9. The second kappa shape index (κ2) is 5.28. The Bertz CT molecular complexity index is 709. The van der Waals surface area contributed by atoms with Crippen LogP contribution in [0.25, 0.3) is 11.1 Å². The standard InChI is InChI=1S/C17H15N3.Ir/c1-12(2)20-11-19-16-10-6-5-8-14(16)13-7-3-4-9-15(13)17(19)18-20;/h3-9,11-12H,1-2H3;/q-2;. The molecule has 0 atom stereocenters. The topological polar surface area (TPSA) is 18.8 Å². The molecule has 0 saturated carbocycles. The van der Waals surface area contributed by atoms with E-state index in [2.05, 4.69) is 61.8 Å². The fraction of sp³-hybridized carbons (Fsp3) is 0.176. The van der Waals surface area contributed by atoms with Crippen molar-refractivity contribution in [2.75, 3.05) is 4.90 Å². The summed E-state index contributed by atoms with van der Waals surface area (Å²) in [6.45, 7) is 6.34. The average molecular weight is 454 g/mol. The Balaban J connectivity index is 0.00000132. The van der Waals surface area contributed by atoms with Crippen molar-refractivity contribution >= 4 is 11.5 Å². The molecular formula is C17H15IrN3-2. The number of rotatable bonds is 1. The number of para-hydroxylation sites is 1. The fourth-order valence-corrected chi connectivity index (χ4v) is 2.71. The number of fused-ring (bicyclic) bond motifs is 6. The molecule has 0 fully saturated rings. The summed E-state index contributed by atoms with van der Waals surface area (Å²) in [5.74, 6) is 0.990. The van der Waals surface area contributed by atoms with E-state index in [1.807, 2.05) is 17.1 Å². The molecule has 2 aliphatic rings. The van der Waals surface area contributed by atoms with E-state index in [0.29, 0.717) is 6.04 Å². The molecule has 1 radical (unpaired) electrons. The van der Waals surface area contributed by atoms with Gasteiger partial charge in [0.1, 0.15) is 5.84 Å². The third-order valence-corrected chi connectivity index (χ3v) is 3.73. The van der Waals surface area contributed by atoms with Crippen LogP contribution in [-0.2, 0) is 20.1 Å². The molecule has 2 aromatic carbocycles. The van der Waals surface area contributed by atoms with Gasteiger partial charge in [0.05, 0.1) is 0 Å². The molecule has 4 rings (SSSR count). The normalized spacial score (nSPS) is 15.1. The maximum atomic E-state index is 4.75. The molecule has 2 aromatic rings. The molecule has 109 valence electrons. The summed E-state index contributed by atoms with van der Waals surface area (Å²) in [7, 11) is 0. The minimum absolute atomic E-state index is 0. The van der Waals surface area contributed by atoms with Gasteiger partial charge in [-0.25, -0.2) is 0 Å². The summed E-state index contributed by atoms with van der Waals surface area (Å²) < 4.78 is 0. The van der Waals surface area contributed by atoms with E-state index < -0.39 is 0 Å².